The second kappa shape index (κ2) is 17.9. The summed E-state index contributed by atoms with van der Waals surface area (Å²) in [5, 5.41) is 10.9. The lowest BCUT2D eigenvalue weighted by Gasteiger charge is -2.35. The number of Topliss-reactive ketones (excluding diaryl/α,β-unsaturated/α-hetero) is 2. The van der Waals surface area contributed by atoms with Crippen molar-refractivity contribution >= 4 is 41.3 Å². The van der Waals surface area contributed by atoms with Crippen molar-refractivity contribution in [3.8, 4) is 0 Å². The van der Waals surface area contributed by atoms with E-state index in [0.29, 0.717) is 18.4 Å². The molecule has 1 aromatic carbocycles. The van der Waals surface area contributed by atoms with E-state index in [9.17, 15) is 33.6 Å². The van der Waals surface area contributed by atoms with Crippen LogP contribution in [-0.2, 0) is 33.5 Å². The van der Waals surface area contributed by atoms with Crippen LogP contribution in [-0.4, -0.2) is 84.5 Å². The molecular formula is C41H61N5O8. The van der Waals surface area contributed by atoms with Crippen LogP contribution in [0.4, 0.5) is 4.79 Å². The summed E-state index contributed by atoms with van der Waals surface area (Å²) in [6, 6.07) is 6.37. The molecule has 298 valence electrons. The van der Waals surface area contributed by atoms with E-state index in [2.05, 4.69) is 35.1 Å². The number of ketones is 2. The van der Waals surface area contributed by atoms with Crippen molar-refractivity contribution in [1.82, 2.24) is 26.2 Å². The van der Waals surface area contributed by atoms with E-state index in [1.54, 1.807) is 59.1 Å². The molecule has 13 heteroatoms. The fourth-order valence-electron chi connectivity index (χ4n) is 8.58. The molecule has 3 saturated carbocycles. The molecule has 1 aromatic rings. The first-order valence-electron chi connectivity index (χ1n) is 19.6. The molecule has 0 bridgehead atoms. The Balaban J connectivity index is 1.44. The number of ether oxygens (including phenoxy) is 1. The van der Waals surface area contributed by atoms with Crippen LogP contribution in [0.15, 0.2) is 30.3 Å². The maximum atomic E-state index is 14.5. The van der Waals surface area contributed by atoms with Gasteiger partial charge in [0.25, 0.3) is 5.91 Å². The Morgan fingerprint density at radius 1 is 0.926 bits per heavy atom. The number of alkyl carbamates (subject to hydrolysis) is 1. The fourth-order valence-corrected chi connectivity index (χ4v) is 8.58. The number of nitrogens with one attached hydrogen (secondary N) is 4. The molecule has 54 heavy (non-hydrogen) atoms. The van der Waals surface area contributed by atoms with Crippen LogP contribution < -0.4 is 21.3 Å². The highest BCUT2D eigenvalue weighted by atomic mass is 16.6. The summed E-state index contributed by atoms with van der Waals surface area (Å²) in [6.07, 6.45) is 5.04. The Morgan fingerprint density at radius 2 is 1.57 bits per heavy atom. The van der Waals surface area contributed by atoms with Gasteiger partial charge < -0.3 is 30.9 Å². The molecule has 7 atom stereocenters. The summed E-state index contributed by atoms with van der Waals surface area (Å²) in [4.78, 5) is 95.2. The van der Waals surface area contributed by atoms with Gasteiger partial charge in [-0.15, -0.1) is 0 Å². The average molecular weight is 752 g/mol. The monoisotopic (exact) mass is 751 g/mol. The summed E-state index contributed by atoms with van der Waals surface area (Å²) in [6.45, 7) is 10.8. The van der Waals surface area contributed by atoms with E-state index in [0.717, 1.165) is 32.1 Å². The highest BCUT2D eigenvalue weighted by molar-refractivity contribution is 6.38. The van der Waals surface area contributed by atoms with E-state index in [4.69, 9.17) is 4.74 Å². The number of benzene rings is 1. The van der Waals surface area contributed by atoms with E-state index in [1.165, 1.54) is 4.90 Å². The Hall–Kier alpha value is -4.29. The van der Waals surface area contributed by atoms with Gasteiger partial charge in [0.15, 0.2) is 5.78 Å². The summed E-state index contributed by atoms with van der Waals surface area (Å²) < 4.78 is 5.54. The van der Waals surface area contributed by atoms with Gasteiger partial charge in [-0.3, -0.25) is 28.8 Å². The predicted octanol–water partition coefficient (Wildman–Crippen LogP) is 4.24. The highest BCUT2D eigenvalue weighted by Gasteiger charge is 2.70. The van der Waals surface area contributed by atoms with Crippen LogP contribution >= 0.6 is 0 Å². The minimum absolute atomic E-state index is 0.00201. The molecule has 0 heterocycles. The largest absolute Gasteiger partial charge is 0.444 e. The molecule has 0 radical (unpaired) electrons. The Bertz CT molecular complexity index is 1550. The normalized spacial score (nSPS) is 23.4. The Morgan fingerprint density at radius 3 is 2.17 bits per heavy atom. The number of carbonyl (C=O) groups is 7. The molecule has 13 nitrogen and oxygen atoms in total. The number of amides is 5. The highest BCUT2D eigenvalue weighted by Crippen LogP contribution is 2.71. The van der Waals surface area contributed by atoms with Crippen molar-refractivity contribution < 1.29 is 38.3 Å². The van der Waals surface area contributed by atoms with Crippen molar-refractivity contribution in [3.63, 3.8) is 0 Å². The standard InChI is InChI=1S/C41H61N5O8/c1-9-16-28(36(50)38(52)42-23-30(47)43-29(22-31(48)46(7)8)24-17-12-10-13-18-24)44-37(51)32-26(21-27-33(32)41(27,5)6)35(49)34(25-19-14-11-15-20-25)45-39(53)54-40(2,3)4/h10,12-13,17-18,25-29,32-34H,9,11,14-16,19-23H2,1-8H3,(H,42,52)(H,43,47)(H,44,51)(H,45,53)/t26?,27-,28?,29-,32-,33-,34-/m0/s1. The van der Waals surface area contributed by atoms with Crippen LogP contribution in [0, 0.1) is 35.0 Å². The van der Waals surface area contributed by atoms with Crippen molar-refractivity contribution in [1.29, 1.82) is 0 Å². The lowest BCUT2D eigenvalue weighted by Crippen LogP contribution is -2.54. The van der Waals surface area contributed by atoms with E-state index >= 15 is 0 Å². The van der Waals surface area contributed by atoms with Crippen LogP contribution in [0.25, 0.3) is 0 Å². The first-order chi connectivity index (χ1) is 25.3. The Labute approximate surface area is 319 Å². The zero-order chi connectivity index (χ0) is 40.0. The maximum Gasteiger partial charge on any atom is 0.408 e. The zero-order valence-electron chi connectivity index (χ0n) is 33.3. The minimum Gasteiger partial charge on any atom is -0.444 e. The van der Waals surface area contributed by atoms with Gasteiger partial charge in [-0.05, 0) is 75.2 Å². The third-order valence-corrected chi connectivity index (χ3v) is 11.5. The third-order valence-electron chi connectivity index (χ3n) is 11.5. The van der Waals surface area contributed by atoms with Crippen molar-refractivity contribution in [2.24, 2.45) is 35.0 Å². The third kappa shape index (κ3) is 10.7. The number of hydrogen-bond donors (Lipinski definition) is 4. The molecule has 4 N–H and O–H groups in total. The van der Waals surface area contributed by atoms with E-state index < -0.39 is 71.7 Å². The van der Waals surface area contributed by atoms with Gasteiger partial charge in [-0.1, -0.05) is 76.8 Å². The van der Waals surface area contributed by atoms with Crippen LogP contribution in [0.1, 0.15) is 111 Å². The van der Waals surface area contributed by atoms with Crippen molar-refractivity contribution in [2.75, 3.05) is 20.6 Å². The van der Waals surface area contributed by atoms with Gasteiger partial charge in [0.05, 0.1) is 37.0 Å². The summed E-state index contributed by atoms with van der Waals surface area (Å²) >= 11 is 0. The molecule has 3 aliphatic carbocycles. The quantitative estimate of drug-likeness (QED) is 0.181. The van der Waals surface area contributed by atoms with Crippen LogP contribution in [0.5, 0.6) is 0 Å². The molecule has 0 spiro atoms. The maximum absolute atomic E-state index is 14.5. The summed E-state index contributed by atoms with van der Waals surface area (Å²) in [5.74, 6) is -4.76. The molecule has 3 aliphatic rings. The minimum atomic E-state index is -1.16. The number of rotatable bonds is 16. The van der Waals surface area contributed by atoms with Gasteiger partial charge >= 0.3 is 6.09 Å². The number of carbonyl (C=O) groups excluding carboxylic acids is 7. The molecule has 0 aliphatic heterocycles. The molecule has 0 saturated heterocycles. The second-order valence-corrected chi connectivity index (χ2v) is 17.2. The number of nitrogens with zero attached hydrogens (tertiary/aromatic N) is 1. The van der Waals surface area contributed by atoms with Crippen molar-refractivity contribution in [3.05, 3.63) is 35.9 Å². The van der Waals surface area contributed by atoms with Crippen molar-refractivity contribution in [2.45, 2.75) is 123 Å². The zero-order valence-corrected chi connectivity index (χ0v) is 33.3. The smallest absolute Gasteiger partial charge is 0.408 e. The molecule has 4 rings (SSSR count). The SMILES string of the molecule is CCCC(NC(=O)[C@H]1C(C(=O)[C@@H](NC(=O)OC(C)(C)C)C2CCCCC2)C[C@H]2[C@@H]1C2(C)C)C(=O)C(=O)NCC(=O)N[C@@H](CC(=O)N(C)C)c1ccccc1. The van der Waals surface area contributed by atoms with Crippen LogP contribution in [0.3, 0.4) is 0 Å². The fraction of sp³-hybridized carbons (Fsp3) is 0.683. The molecule has 2 unspecified atom stereocenters. The van der Waals surface area contributed by atoms with Gasteiger partial charge in [0, 0.05) is 20.0 Å². The summed E-state index contributed by atoms with van der Waals surface area (Å²) in [5.41, 5.74) is -0.217. The molecule has 0 aromatic heterocycles. The van der Waals surface area contributed by atoms with Crippen LogP contribution in [0.2, 0.25) is 0 Å². The summed E-state index contributed by atoms with van der Waals surface area (Å²) in [7, 11) is 3.24. The lowest BCUT2D eigenvalue weighted by atomic mass is 9.74. The molecular weight excluding hydrogens is 690 g/mol. The number of fused-ring (bicyclic) bond motifs is 1. The van der Waals surface area contributed by atoms with Gasteiger partial charge in [0.2, 0.25) is 23.5 Å². The average Bonchev–Trinajstić information content (AvgIpc) is 3.42. The lowest BCUT2D eigenvalue weighted by molar-refractivity contribution is -0.142. The van der Waals surface area contributed by atoms with Gasteiger partial charge in [0.1, 0.15) is 5.60 Å². The molecule has 3 fully saturated rings. The first-order valence-corrected chi connectivity index (χ1v) is 19.6. The second-order valence-electron chi connectivity index (χ2n) is 17.2. The predicted molar refractivity (Wildman–Crippen MR) is 203 cm³/mol. The molecule has 5 amide bonds. The van der Waals surface area contributed by atoms with Gasteiger partial charge in [-0.2, -0.15) is 0 Å². The Kier molecular flexibility index (Phi) is 14.1. The van der Waals surface area contributed by atoms with Gasteiger partial charge in [-0.25, -0.2) is 4.79 Å². The van der Waals surface area contributed by atoms with E-state index in [-0.39, 0.29) is 47.7 Å². The topological polar surface area (TPSA) is 180 Å². The van der Waals surface area contributed by atoms with E-state index in [1.807, 2.05) is 13.0 Å². The first kappa shape index (κ1) is 42.5. The number of hydrogen-bond acceptors (Lipinski definition) is 8.